The lowest BCUT2D eigenvalue weighted by atomic mass is 10.1. The summed E-state index contributed by atoms with van der Waals surface area (Å²) in [5, 5.41) is 6.42. The first-order chi connectivity index (χ1) is 9.90. The summed E-state index contributed by atoms with van der Waals surface area (Å²) < 4.78 is 0. The van der Waals surface area contributed by atoms with E-state index in [9.17, 15) is 4.79 Å². The summed E-state index contributed by atoms with van der Waals surface area (Å²) in [7, 11) is 0. The second kappa shape index (κ2) is 9.11. The third-order valence-electron chi connectivity index (χ3n) is 2.94. The van der Waals surface area contributed by atoms with Crippen molar-refractivity contribution in [3.8, 4) is 0 Å². The monoisotopic (exact) mass is 308 g/mol. The van der Waals surface area contributed by atoms with Crippen molar-refractivity contribution in [3.05, 3.63) is 29.8 Å². The Kier molecular flexibility index (Phi) is 7.83. The number of amides is 1. The molecule has 1 aromatic carbocycles. The van der Waals surface area contributed by atoms with Crippen LogP contribution in [0.3, 0.4) is 0 Å². The molecule has 0 radical (unpaired) electrons. The highest BCUT2D eigenvalue weighted by molar-refractivity contribution is 8.00. The van der Waals surface area contributed by atoms with Gasteiger partial charge in [-0.15, -0.1) is 11.8 Å². The van der Waals surface area contributed by atoms with E-state index in [1.807, 2.05) is 0 Å². The Morgan fingerprint density at radius 1 is 1.29 bits per heavy atom. The maximum absolute atomic E-state index is 11.7. The predicted molar refractivity (Wildman–Crippen MR) is 91.7 cm³/mol. The van der Waals surface area contributed by atoms with E-state index in [1.54, 1.807) is 11.8 Å². The quantitative estimate of drug-likeness (QED) is 0.570. The largest absolute Gasteiger partial charge is 0.355 e. The smallest absolute Gasteiger partial charge is 0.230 e. The van der Waals surface area contributed by atoms with Crippen molar-refractivity contribution >= 4 is 17.7 Å². The first kappa shape index (κ1) is 18.1. The van der Waals surface area contributed by atoms with Crippen molar-refractivity contribution in [3.63, 3.8) is 0 Å². The van der Waals surface area contributed by atoms with Crippen LogP contribution in [-0.4, -0.2) is 23.7 Å². The van der Waals surface area contributed by atoms with Crippen LogP contribution in [0.15, 0.2) is 29.2 Å². The van der Waals surface area contributed by atoms with Crippen molar-refractivity contribution in [2.75, 3.05) is 12.3 Å². The van der Waals surface area contributed by atoms with E-state index in [0.717, 1.165) is 30.8 Å². The molecule has 1 rings (SSSR count). The van der Waals surface area contributed by atoms with Crippen LogP contribution >= 0.6 is 11.8 Å². The highest BCUT2D eigenvalue weighted by Gasteiger charge is 2.08. The molecule has 2 N–H and O–H groups in total. The Balaban J connectivity index is 2.40. The standard InChI is InChI=1S/C17H28N2OS/c1-5-6-10-18-16(20)13-21-15-9-7-8-14(11-15)12-19-17(2,3)4/h7-9,11,19H,5-6,10,12-13H2,1-4H3,(H,18,20). The van der Waals surface area contributed by atoms with Crippen molar-refractivity contribution < 1.29 is 4.79 Å². The van der Waals surface area contributed by atoms with Crippen LogP contribution < -0.4 is 10.6 Å². The summed E-state index contributed by atoms with van der Waals surface area (Å²) in [4.78, 5) is 12.8. The summed E-state index contributed by atoms with van der Waals surface area (Å²) in [5.74, 6) is 0.603. The van der Waals surface area contributed by atoms with Gasteiger partial charge in [-0.1, -0.05) is 25.5 Å². The molecular weight excluding hydrogens is 280 g/mol. The summed E-state index contributed by atoms with van der Waals surface area (Å²) in [5.41, 5.74) is 1.36. The molecular formula is C17H28N2OS. The number of rotatable bonds is 8. The zero-order valence-corrected chi connectivity index (χ0v) is 14.5. The molecule has 0 saturated carbocycles. The van der Waals surface area contributed by atoms with Gasteiger partial charge in [-0.05, 0) is 44.9 Å². The Labute approximate surface area is 133 Å². The van der Waals surface area contributed by atoms with E-state index in [-0.39, 0.29) is 11.4 Å². The first-order valence-corrected chi connectivity index (χ1v) is 8.63. The summed E-state index contributed by atoms with van der Waals surface area (Å²) in [6, 6.07) is 8.38. The maximum atomic E-state index is 11.7. The van der Waals surface area contributed by atoms with Gasteiger partial charge in [0.1, 0.15) is 0 Å². The van der Waals surface area contributed by atoms with Gasteiger partial charge in [0.25, 0.3) is 0 Å². The van der Waals surface area contributed by atoms with Gasteiger partial charge in [0.15, 0.2) is 0 Å². The number of carbonyl (C=O) groups excluding carboxylic acids is 1. The molecule has 0 bridgehead atoms. The molecule has 21 heavy (non-hydrogen) atoms. The molecule has 0 aliphatic carbocycles. The van der Waals surface area contributed by atoms with Gasteiger partial charge in [0.2, 0.25) is 5.91 Å². The highest BCUT2D eigenvalue weighted by Crippen LogP contribution is 2.19. The van der Waals surface area contributed by atoms with E-state index >= 15 is 0 Å². The number of unbranched alkanes of at least 4 members (excludes halogenated alkanes) is 1. The fraction of sp³-hybridized carbons (Fsp3) is 0.588. The molecule has 3 nitrogen and oxygen atoms in total. The molecule has 0 spiro atoms. The molecule has 0 aliphatic heterocycles. The summed E-state index contributed by atoms with van der Waals surface area (Å²) >= 11 is 1.59. The van der Waals surface area contributed by atoms with E-state index < -0.39 is 0 Å². The minimum absolute atomic E-state index is 0.113. The minimum atomic E-state index is 0.113. The number of hydrogen-bond donors (Lipinski definition) is 2. The lowest BCUT2D eigenvalue weighted by molar-refractivity contribution is -0.118. The number of nitrogens with one attached hydrogen (secondary N) is 2. The zero-order valence-electron chi connectivity index (χ0n) is 13.7. The average Bonchev–Trinajstić information content (AvgIpc) is 2.43. The van der Waals surface area contributed by atoms with E-state index in [1.165, 1.54) is 5.56 Å². The molecule has 118 valence electrons. The Hall–Kier alpha value is -1.00. The van der Waals surface area contributed by atoms with Gasteiger partial charge in [0, 0.05) is 23.5 Å². The second-order valence-corrected chi connectivity index (χ2v) is 7.29. The van der Waals surface area contributed by atoms with Crippen molar-refractivity contribution in [1.29, 1.82) is 0 Å². The topological polar surface area (TPSA) is 41.1 Å². The molecule has 0 heterocycles. The van der Waals surface area contributed by atoms with Crippen LogP contribution in [0.1, 0.15) is 46.1 Å². The van der Waals surface area contributed by atoms with Crippen LogP contribution in [0.4, 0.5) is 0 Å². The fourth-order valence-electron chi connectivity index (χ4n) is 1.72. The summed E-state index contributed by atoms with van der Waals surface area (Å²) in [6.07, 6.45) is 2.15. The zero-order chi connectivity index (χ0) is 15.7. The molecule has 0 unspecified atom stereocenters. The van der Waals surface area contributed by atoms with Crippen molar-refractivity contribution in [1.82, 2.24) is 10.6 Å². The molecule has 1 amide bonds. The van der Waals surface area contributed by atoms with Gasteiger partial charge >= 0.3 is 0 Å². The third kappa shape index (κ3) is 8.79. The molecule has 4 heteroatoms. The second-order valence-electron chi connectivity index (χ2n) is 6.24. The van der Waals surface area contributed by atoms with E-state index in [0.29, 0.717) is 5.75 Å². The molecule has 0 aliphatic rings. The number of benzene rings is 1. The molecule has 0 aromatic heterocycles. The maximum Gasteiger partial charge on any atom is 0.230 e. The van der Waals surface area contributed by atoms with Gasteiger partial charge < -0.3 is 10.6 Å². The van der Waals surface area contributed by atoms with Crippen molar-refractivity contribution in [2.24, 2.45) is 0 Å². The molecule has 0 fully saturated rings. The Morgan fingerprint density at radius 3 is 2.71 bits per heavy atom. The Morgan fingerprint density at radius 2 is 2.05 bits per heavy atom. The van der Waals surface area contributed by atoms with Crippen LogP contribution in [0.5, 0.6) is 0 Å². The minimum Gasteiger partial charge on any atom is -0.355 e. The van der Waals surface area contributed by atoms with Crippen LogP contribution in [-0.2, 0) is 11.3 Å². The highest BCUT2D eigenvalue weighted by atomic mass is 32.2. The van der Waals surface area contributed by atoms with Gasteiger partial charge in [-0.2, -0.15) is 0 Å². The lowest BCUT2D eigenvalue weighted by Gasteiger charge is -2.20. The Bertz CT molecular complexity index is 441. The first-order valence-electron chi connectivity index (χ1n) is 7.64. The normalized spacial score (nSPS) is 11.4. The number of carbonyl (C=O) groups is 1. The van der Waals surface area contributed by atoms with Crippen LogP contribution in [0.2, 0.25) is 0 Å². The molecule has 0 saturated heterocycles. The summed E-state index contributed by atoms with van der Waals surface area (Å²) in [6.45, 7) is 10.2. The van der Waals surface area contributed by atoms with E-state index in [2.05, 4.69) is 62.6 Å². The third-order valence-corrected chi connectivity index (χ3v) is 3.94. The average molecular weight is 308 g/mol. The fourth-order valence-corrected chi connectivity index (χ4v) is 2.53. The molecule has 1 aromatic rings. The lowest BCUT2D eigenvalue weighted by Crippen LogP contribution is -2.35. The van der Waals surface area contributed by atoms with Crippen molar-refractivity contribution in [2.45, 2.75) is 57.5 Å². The number of thioether (sulfide) groups is 1. The van der Waals surface area contributed by atoms with Gasteiger partial charge in [-0.25, -0.2) is 0 Å². The SMILES string of the molecule is CCCCNC(=O)CSc1cccc(CNC(C)(C)C)c1. The van der Waals surface area contributed by atoms with Crippen LogP contribution in [0.25, 0.3) is 0 Å². The number of hydrogen-bond acceptors (Lipinski definition) is 3. The van der Waals surface area contributed by atoms with Gasteiger partial charge in [-0.3, -0.25) is 4.79 Å². The predicted octanol–water partition coefficient (Wildman–Crippen LogP) is 3.58. The van der Waals surface area contributed by atoms with Gasteiger partial charge in [0.05, 0.1) is 5.75 Å². The molecule has 0 atom stereocenters. The van der Waals surface area contributed by atoms with E-state index in [4.69, 9.17) is 0 Å². The van der Waals surface area contributed by atoms with Crippen LogP contribution in [0, 0.1) is 0 Å².